The van der Waals surface area contributed by atoms with Crippen molar-refractivity contribution in [1.29, 1.82) is 0 Å². The summed E-state index contributed by atoms with van der Waals surface area (Å²) in [6.07, 6.45) is 6.04. The summed E-state index contributed by atoms with van der Waals surface area (Å²) in [6.45, 7) is 2.53. The van der Waals surface area contributed by atoms with Gasteiger partial charge in [-0.3, -0.25) is 4.98 Å². The van der Waals surface area contributed by atoms with Crippen molar-refractivity contribution in [3.05, 3.63) is 40.5 Å². The van der Waals surface area contributed by atoms with E-state index >= 15 is 0 Å². The highest BCUT2D eigenvalue weighted by Crippen LogP contribution is 2.22. The van der Waals surface area contributed by atoms with Crippen molar-refractivity contribution >= 4 is 5.97 Å². The van der Waals surface area contributed by atoms with Crippen LogP contribution in [0.15, 0.2) is 12.3 Å². The monoisotopic (exact) mass is 286 g/mol. The van der Waals surface area contributed by atoms with E-state index in [9.17, 15) is 4.79 Å². The van der Waals surface area contributed by atoms with Gasteiger partial charge in [0.25, 0.3) is 0 Å². The van der Waals surface area contributed by atoms with Crippen molar-refractivity contribution in [2.45, 2.75) is 39.2 Å². The summed E-state index contributed by atoms with van der Waals surface area (Å²) in [5, 5.41) is 8.24. The number of rotatable bonds is 3. The Balaban J connectivity index is 1.84. The summed E-state index contributed by atoms with van der Waals surface area (Å²) >= 11 is 0. The summed E-state index contributed by atoms with van der Waals surface area (Å²) in [4.78, 5) is 17.6. The number of pyridine rings is 1. The lowest BCUT2D eigenvalue weighted by molar-refractivity contribution is 0.0593. The molecule has 0 fully saturated rings. The maximum atomic E-state index is 11.4. The van der Waals surface area contributed by atoms with Gasteiger partial charge >= 0.3 is 5.97 Å². The lowest BCUT2D eigenvalue weighted by Gasteiger charge is -2.17. The van der Waals surface area contributed by atoms with Gasteiger partial charge in [0.05, 0.1) is 19.9 Å². The van der Waals surface area contributed by atoms with Crippen LogP contribution >= 0.6 is 0 Å². The van der Waals surface area contributed by atoms with E-state index in [1.807, 2.05) is 6.92 Å². The molecule has 0 atom stereocenters. The van der Waals surface area contributed by atoms with Gasteiger partial charge in [0.2, 0.25) is 0 Å². The molecule has 0 saturated carbocycles. The average molecular weight is 286 g/mol. The van der Waals surface area contributed by atoms with Gasteiger partial charge in [-0.2, -0.15) is 9.90 Å². The number of hydrogen-bond acceptors (Lipinski definition) is 5. The third kappa shape index (κ3) is 2.79. The molecule has 0 radical (unpaired) electrons. The first kappa shape index (κ1) is 13.7. The maximum absolute atomic E-state index is 11.4. The van der Waals surface area contributed by atoms with Crippen molar-refractivity contribution in [3.63, 3.8) is 0 Å². The van der Waals surface area contributed by atoms with Crippen molar-refractivity contribution in [2.75, 3.05) is 7.11 Å². The number of carbonyl (C=O) groups excluding carboxylic acids is 1. The Bertz CT molecular complexity index is 678. The minimum Gasteiger partial charge on any atom is -0.464 e. The summed E-state index contributed by atoms with van der Waals surface area (Å²) in [5.74, 6) is -0.471. The van der Waals surface area contributed by atoms with Crippen LogP contribution in [0.3, 0.4) is 0 Å². The number of nitrogens with zero attached hydrogens (tertiary/aromatic N) is 4. The molecule has 0 N–H and O–H groups in total. The van der Waals surface area contributed by atoms with E-state index in [0.29, 0.717) is 6.54 Å². The van der Waals surface area contributed by atoms with Crippen molar-refractivity contribution in [1.82, 2.24) is 20.0 Å². The zero-order valence-electron chi connectivity index (χ0n) is 12.3. The van der Waals surface area contributed by atoms with Gasteiger partial charge in [0.1, 0.15) is 0 Å². The van der Waals surface area contributed by atoms with E-state index in [1.165, 1.54) is 42.2 Å². The van der Waals surface area contributed by atoms with Crippen LogP contribution in [0.1, 0.15) is 45.8 Å². The van der Waals surface area contributed by atoms with Gasteiger partial charge in [-0.05, 0) is 43.7 Å². The lowest BCUT2D eigenvalue weighted by Crippen LogP contribution is -2.12. The predicted octanol–water partition coefficient (Wildman–Crippen LogP) is 1.70. The maximum Gasteiger partial charge on any atom is 0.360 e. The van der Waals surface area contributed by atoms with Crippen LogP contribution < -0.4 is 0 Å². The third-order valence-electron chi connectivity index (χ3n) is 3.84. The number of methoxy groups -OCH3 is 1. The van der Waals surface area contributed by atoms with Gasteiger partial charge in [-0.25, -0.2) is 4.79 Å². The van der Waals surface area contributed by atoms with E-state index in [2.05, 4.69) is 21.0 Å². The van der Waals surface area contributed by atoms with Crippen LogP contribution in [-0.4, -0.2) is 33.1 Å². The van der Waals surface area contributed by atoms with Crippen LogP contribution in [0.25, 0.3) is 0 Å². The Morgan fingerprint density at radius 3 is 3.00 bits per heavy atom. The number of esters is 1. The van der Waals surface area contributed by atoms with E-state index in [4.69, 9.17) is 4.98 Å². The molecule has 2 heterocycles. The zero-order valence-corrected chi connectivity index (χ0v) is 12.3. The van der Waals surface area contributed by atoms with E-state index in [1.54, 1.807) is 0 Å². The number of carbonyl (C=O) groups is 1. The molecule has 0 unspecified atom stereocenters. The standard InChI is InChI=1S/C15H18N4O2/c1-10-12(7-11-5-3-4-6-13(11)17-10)9-19-16-8-14(18-19)15(20)21-2/h7-8H,3-6,9H2,1-2H3. The molecule has 110 valence electrons. The minimum atomic E-state index is -0.471. The molecule has 0 spiro atoms. The molecule has 1 aliphatic carbocycles. The molecular weight excluding hydrogens is 268 g/mol. The molecule has 0 saturated heterocycles. The molecule has 6 nitrogen and oxygen atoms in total. The normalized spacial score (nSPS) is 13.8. The quantitative estimate of drug-likeness (QED) is 0.803. The number of fused-ring (bicyclic) bond motifs is 1. The third-order valence-corrected chi connectivity index (χ3v) is 3.84. The summed E-state index contributed by atoms with van der Waals surface area (Å²) in [6, 6.07) is 2.21. The van der Waals surface area contributed by atoms with Crippen LogP contribution in [0.5, 0.6) is 0 Å². The van der Waals surface area contributed by atoms with Gasteiger partial charge < -0.3 is 4.74 Å². The summed E-state index contributed by atoms with van der Waals surface area (Å²) in [5.41, 5.74) is 4.89. The van der Waals surface area contributed by atoms with E-state index in [-0.39, 0.29) is 5.69 Å². The number of aromatic nitrogens is 4. The second-order valence-electron chi connectivity index (χ2n) is 5.30. The molecule has 0 amide bonds. The van der Waals surface area contributed by atoms with Crippen LogP contribution in [-0.2, 0) is 24.1 Å². The first-order valence-corrected chi connectivity index (χ1v) is 7.14. The number of ether oxygens (including phenoxy) is 1. The highest BCUT2D eigenvalue weighted by atomic mass is 16.5. The van der Waals surface area contributed by atoms with Crippen LogP contribution in [0.2, 0.25) is 0 Å². The molecule has 1 aliphatic rings. The summed E-state index contributed by atoms with van der Waals surface area (Å²) in [7, 11) is 1.33. The molecule has 21 heavy (non-hydrogen) atoms. The second-order valence-corrected chi connectivity index (χ2v) is 5.30. The smallest absolute Gasteiger partial charge is 0.360 e. The second kappa shape index (κ2) is 5.63. The lowest BCUT2D eigenvalue weighted by atomic mass is 9.94. The molecule has 3 rings (SSSR count). The Labute approximate surface area is 123 Å². The number of aryl methyl sites for hydroxylation is 3. The Hall–Kier alpha value is -2.24. The van der Waals surface area contributed by atoms with Crippen LogP contribution in [0, 0.1) is 6.92 Å². The Morgan fingerprint density at radius 1 is 1.38 bits per heavy atom. The molecule has 6 heteroatoms. The largest absolute Gasteiger partial charge is 0.464 e. The Morgan fingerprint density at radius 2 is 2.19 bits per heavy atom. The molecule has 0 bridgehead atoms. The molecular formula is C15H18N4O2. The van der Waals surface area contributed by atoms with Crippen molar-refractivity contribution in [2.24, 2.45) is 0 Å². The SMILES string of the molecule is COC(=O)c1cnn(Cc2cc3c(nc2C)CCCC3)n1. The fourth-order valence-corrected chi connectivity index (χ4v) is 2.67. The predicted molar refractivity (Wildman–Crippen MR) is 76.1 cm³/mol. The first-order chi connectivity index (χ1) is 10.2. The van der Waals surface area contributed by atoms with Gasteiger partial charge in [-0.15, -0.1) is 5.10 Å². The topological polar surface area (TPSA) is 69.9 Å². The highest BCUT2D eigenvalue weighted by Gasteiger charge is 2.15. The van der Waals surface area contributed by atoms with E-state index < -0.39 is 5.97 Å². The minimum absolute atomic E-state index is 0.223. The molecule has 0 aliphatic heterocycles. The zero-order chi connectivity index (χ0) is 14.8. The molecule has 2 aromatic rings. The first-order valence-electron chi connectivity index (χ1n) is 7.14. The van der Waals surface area contributed by atoms with Gasteiger partial charge in [0.15, 0.2) is 5.69 Å². The molecule has 2 aromatic heterocycles. The number of hydrogen-bond donors (Lipinski definition) is 0. The highest BCUT2D eigenvalue weighted by molar-refractivity contribution is 5.86. The Kier molecular flexibility index (Phi) is 3.68. The summed E-state index contributed by atoms with van der Waals surface area (Å²) < 4.78 is 4.63. The fourth-order valence-electron chi connectivity index (χ4n) is 2.67. The fraction of sp³-hybridized carbons (Fsp3) is 0.467. The van der Waals surface area contributed by atoms with Crippen molar-refractivity contribution in [3.8, 4) is 0 Å². The average Bonchev–Trinajstić information content (AvgIpc) is 2.96. The van der Waals surface area contributed by atoms with E-state index in [0.717, 1.165) is 24.1 Å². The molecule has 0 aromatic carbocycles. The van der Waals surface area contributed by atoms with Crippen LogP contribution in [0.4, 0.5) is 0 Å². The van der Waals surface area contributed by atoms with Gasteiger partial charge in [0, 0.05) is 11.4 Å². The van der Waals surface area contributed by atoms with Gasteiger partial charge in [-0.1, -0.05) is 6.07 Å². The van der Waals surface area contributed by atoms with Crippen molar-refractivity contribution < 1.29 is 9.53 Å².